The second-order valence-electron chi connectivity index (χ2n) is 9.04. The highest BCUT2D eigenvalue weighted by Gasteiger charge is 2.29. The Bertz CT molecular complexity index is 1350. The van der Waals surface area contributed by atoms with Crippen molar-refractivity contribution in [2.45, 2.75) is 39.4 Å². The van der Waals surface area contributed by atoms with Crippen LogP contribution in [0.15, 0.2) is 72.8 Å². The summed E-state index contributed by atoms with van der Waals surface area (Å²) >= 11 is 0. The highest BCUT2D eigenvalue weighted by Crippen LogP contribution is 2.20. The molecule has 3 aromatic carbocycles. The Balaban J connectivity index is 1.60. The molecule has 2 amide bonds. The molecule has 1 aromatic heterocycles. The van der Waals surface area contributed by atoms with Gasteiger partial charge in [-0.25, -0.2) is 4.68 Å². The summed E-state index contributed by atoms with van der Waals surface area (Å²) < 4.78 is 1.59. The topological polar surface area (TPSA) is 83.4 Å². The number of rotatable bonds is 9. The normalized spacial score (nSPS) is 11.8. The van der Waals surface area contributed by atoms with Crippen LogP contribution < -0.4 is 10.2 Å². The third-order valence-electron chi connectivity index (χ3n) is 6.34. The van der Waals surface area contributed by atoms with Gasteiger partial charge in [0.25, 0.3) is 0 Å². The van der Waals surface area contributed by atoms with Crippen molar-refractivity contribution in [1.82, 2.24) is 19.9 Å². The van der Waals surface area contributed by atoms with E-state index in [-0.39, 0.29) is 18.4 Å². The monoisotopic (exact) mass is 484 g/mol. The SMILES string of the molecule is CCC(C(=O)Nc1ccc(N(C)C)cc1)N(Cc1ccccc1C)C(=O)Cn1nnc2ccccc21. The van der Waals surface area contributed by atoms with Crippen LogP contribution in [0.3, 0.4) is 0 Å². The molecule has 0 saturated heterocycles. The van der Waals surface area contributed by atoms with E-state index in [0.717, 1.165) is 27.8 Å². The summed E-state index contributed by atoms with van der Waals surface area (Å²) in [5.74, 6) is -0.417. The van der Waals surface area contributed by atoms with E-state index in [4.69, 9.17) is 0 Å². The number of carbonyl (C=O) groups is 2. The maximum atomic E-state index is 13.7. The number of amides is 2. The van der Waals surface area contributed by atoms with Gasteiger partial charge in [-0.15, -0.1) is 5.10 Å². The Morgan fingerprint density at radius 1 is 0.972 bits per heavy atom. The Hall–Kier alpha value is -4.20. The molecule has 0 aliphatic carbocycles. The van der Waals surface area contributed by atoms with Gasteiger partial charge in [0.2, 0.25) is 11.8 Å². The average molecular weight is 485 g/mol. The summed E-state index contributed by atoms with van der Waals surface area (Å²) in [5, 5.41) is 11.3. The van der Waals surface area contributed by atoms with E-state index in [1.54, 1.807) is 9.58 Å². The van der Waals surface area contributed by atoms with Crippen LogP contribution in [-0.2, 0) is 22.7 Å². The Labute approximate surface area is 211 Å². The van der Waals surface area contributed by atoms with Crippen LogP contribution in [0.4, 0.5) is 11.4 Å². The Kier molecular flexibility index (Phi) is 7.63. The van der Waals surface area contributed by atoms with Crippen LogP contribution in [0.25, 0.3) is 11.0 Å². The molecule has 0 saturated carbocycles. The van der Waals surface area contributed by atoms with Crippen molar-refractivity contribution in [2.24, 2.45) is 0 Å². The summed E-state index contributed by atoms with van der Waals surface area (Å²) in [5.41, 5.74) is 5.29. The zero-order chi connectivity index (χ0) is 25.7. The van der Waals surface area contributed by atoms with E-state index >= 15 is 0 Å². The zero-order valence-corrected chi connectivity index (χ0v) is 21.2. The number of hydrogen-bond donors (Lipinski definition) is 1. The fourth-order valence-electron chi connectivity index (χ4n) is 4.21. The molecule has 1 N–H and O–H groups in total. The molecule has 0 bridgehead atoms. The fraction of sp³-hybridized carbons (Fsp3) is 0.286. The number of benzene rings is 3. The first kappa shape index (κ1) is 24.9. The van der Waals surface area contributed by atoms with Crippen molar-refractivity contribution in [3.8, 4) is 0 Å². The predicted octanol–water partition coefficient (Wildman–Crippen LogP) is 4.25. The van der Waals surface area contributed by atoms with Gasteiger partial charge in [0.1, 0.15) is 18.1 Å². The minimum atomic E-state index is -0.652. The zero-order valence-electron chi connectivity index (χ0n) is 21.2. The molecular formula is C28H32N6O2. The smallest absolute Gasteiger partial charge is 0.247 e. The number of fused-ring (bicyclic) bond motifs is 1. The van der Waals surface area contributed by atoms with Gasteiger partial charge < -0.3 is 15.1 Å². The average Bonchev–Trinajstić information content (AvgIpc) is 3.28. The second-order valence-corrected chi connectivity index (χ2v) is 9.04. The lowest BCUT2D eigenvalue weighted by Crippen LogP contribution is -2.48. The number of nitrogens with one attached hydrogen (secondary N) is 1. The van der Waals surface area contributed by atoms with E-state index < -0.39 is 6.04 Å². The van der Waals surface area contributed by atoms with Gasteiger partial charge >= 0.3 is 0 Å². The van der Waals surface area contributed by atoms with Crippen molar-refractivity contribution >= 4 is 34.2 Å². The van der Waals surface area contributed by atoms with Gasteiger partial charge in [0.05, 0.1) is 5.52 Å². The first-order valence-electron chi connectivity index (χ1n) is 12.1. The lowest BCUT2D eigenvalue weighted by atomic mass is 10.1. The van der Waals surface area contributed by atoms with Gasteiger partial charge in [-0.3, -0.25) is 9.59 Å². The highest BCUT2D eigenvalue weighted by molar-refractivity contribution is 5.97. The van der Waals surface area contributed by atoms with Gasteiger partial charge in [0.15, 0.2) is 0 Å². The molecule has 0 spiro atoms. The van der Waals surface area contributed by atoms with Crippen molar-refractivity contribution in [3.63, 3.8) is 0 Å². The highest BCUT2D eigenvalue weighted by atomic mass is 16.2. The molecule has 0 aliphatic heterocycles. The van der Waals surface area contributed by atoms with E-state index in [9.17, 15) is 9.59 Å². The molecule has 4 rings (SSSR count). The molecule has 186 valence electrons. The minimum absolute atomic E-state index is 0.00624. The molecule has 1 heterocycles. The lowest BCUT2D eigenvalue weighted by molar-refractivity contribution is -0.140. The van der Waals surface area contributed by atoms with E-state index in [1.807, 2.05) is 106 Å². The third kappa shape index (κ3) is 5.54. The van der Waals surface area contributed by atoms with E-state index in [1.165, 1.54) is 0 Å². The minimum Gasteiger partial charge on any atom is -0.378 e. The number of para-hydroxylation sites is 1. The van der Waals surface area contributed by atoms with Crippen LogP contribution in [0.1, 0.15) is 24.5 Å². The maximum absolute atomic E-state index is 13.7. The second kappa shape index (κ2) is 11.0. The maximum Gasteiger partial charge on any atom is 0.247 e. The number of aryl methyl sites for hydroxylation is 1. The molecule has 0 radical (unpaired) electrons. The number of nitrogens with zero attached hydrogens (tertiary/aromatic N) is 5. The Morgan fingerprint density at radius 2 is 1.67 bits per heavy atom. The molecule has 8 nitrogen and oxygen atoms in total. The first-order valence-corrected chi connectivity index (χ1v) is 12.1. The van der Waals surface area contributed by atoms with Gasteiger partial charge in [-0.05, 0) is 60.9 Å². The van der Waals surface area contributed by atoms with E-state index in [2.05, 4.69) is 15.6 Å². The fourth-order valence-corrected chi connectivity index (χ4v) is 4.21. The lowest BCUT2D eigenvalue weighted by Gasteiger charge is -2.31. The number of anilines is 2. The van der Waals surface area contributed by atoms with Gasteiger partial charge in [0, 0.05) is 32.0 Å². The van der Waals surface area contributed by atoms with Crippen molar-refractivity contribution in [3.05, 3.63) is 83.9 Å². The molecule has 1 unspecified atom stereocenters. The third-order valence-corrected chi connectivity index (χ3v) is 6.34. The molecule has 0 aliphatic rings. The number of aromatic nitrogens is 3. The van der Waals surface area contributed by atoms with Gasteiger partial charge in [-0.2, -0.15) is 0 Å². The van der Waals surface area contributed by atoms with Crippen LogP contribution in [0, 0.1) is 6.92 Å². The van der Waals surface area contributed by atoms with Crippen molar-refractivity contribution in [2.75, 3.05) is 24.3 Å². The number of hydrogen-bond acceptors (Lipinski definition) is 5. The van der Waals surface area contributed by atoms with Crippen molar-refractivity contribution in [1.29, 1.82) is 0 Å². The summed E-state index contributed by atoms with van der Waals surface area (Å²) in [4.78, 5) is 30.8. The standard InChI is InChI=1S/C28H32N6O2/c1-5-25(28(36)29-22-14-16-23(17-15-22)32(3)4)33(18-21-11-7-6-10-20(21)2)27(35)19-34-26-13-9-8-12-24(26)30-31-34/h6-17,25H,5,18-19H2,1-4H3,(H,29,36). The van der Waals surface area contributed by atoms with Crippen LogP contribution in [0.5, 0.6) is 0 Å². The molecule has 4 aromatic rings. The van der Waals surface area contributed by atoms with Crippen molar-refractivity contribution < 1.29 is 9.59 Å². The van der Waals surface area contributed by atoms with Crippen LogP contribution in [-0.4, -0.2) is 51.8 Å². The van der Waals surface area contributed by atoms with Crippen LogP contribution >= 0.6 is 0 Å². The molecule has 0 fully saturated rings. The largest absolute Gasteiger partial charge is 0.378 e. The first-order chi connectivity index (χ1) is 17.4. The molecular weight excluding hydrogens is 452 g/mol. The Morgan fingerprint density at radius 3 is 2.36 bits per heavy atom. The summed E-state index contributed by atoms with van der Waals surface area (Å²) in [7, 11) is 3.93. The summed E-state index contributed by atoms with van der Waals surface area (Å²) in [6, 6.07) is 22.4. The summed E-state index contributed by atoms with van der Waals surface area (Å²) in [6.45, 7) is 4.25. The van der Waals surface area contributed by atoms with E-state index in [0.29, 0.717) is 18.7 Å². The molecule has 8 heteroatoms. The quantitative estimate of drug-likeness (QED) is 0.384. The molecule has 1 atom stereocenters. The number of carbonyl (C=O) groups excluding carboxylic acids is 2. The summed E-state index contributed by atoms with van der Waals surface area (Å²) in [6.07, 6.45) is 0.470. The van der Waals surface area contributed by atoms with Crippen LogP contribution in [0.2, 0.25) is 0 Å². The van der Waals surface area contributed by atoms with Gasteiger partial charge in [-0.1, -0.05) is 48.5 Å². The molecule has 36 heavy (non-hydrogen) atoms. The predicted molar refractivity (Wildman–Crippen MR) is 143 cm³/mol.